The normalized spacial score (nSPS) is 10.1. The van der Waals surface area contributed by atoms with E-state index in [-0.39, 0.29) is 36.7 Å². The van der Waals surface area contributed by atoms with Gasteiger partial charge in [-0.05, 0) is 0 Å². The molecule has 2 aromatic rings. The van der Waals surface area contributed by atoms with Crippen molar-refractivity contribution in [1.82, 2.24) is 25.6 Å². The van der Waals surface area contributed by atoms with Crippen LogP contribution in [0.3, 0.4) is 0 Å². The molecule has 1 heterocycles. The van der Waals surface area contributed by atoms with Crippen LogP contribution >= 0.6 is 23.2 Å². The standard InChI is InChI=1S/C15H17Cl2N7O2/c16-6-8-18-14(25)23-12-20-11(10-4-2-1-3-5-10)21-13(22-12)24-15(26)19-9-7-17/h1-5H,6-9H2,(H4,18,19,20,21,22,23,24,25,26). The summed E-state index contributed by atoms with van der Waals surface area (Å²) in [6, 6.07) is 8.04. The Morgan fingerprint density at radius 2 is 1.31 bits per heavy atom. The Morgan fingerprint density at radius 3 is 1.77 bits per heavy atom. The van der Waals surface area contributed by atoms with E-state index in [1.165, 1.54) is 0 Å². The number of hydrogen-bond donors (Lipinski definition) is 4. The van der Waals surface area contributed by atoms with Crippen molar-refractivity contribution in [2.75, 3.05) is 35.5 Å². The molecule has 0 saturated heterocycles. The van der Waals surface area contributed by atoms with Crippen LogP contribution in [0.5, 0.6) is 0 Å². The third kappa shape index (κ3) is 6.34. The molecule has 0 fully saturated rings. The highest BCUT2D eigenvalue weighted by atomic mass is 35.5. The van der Waals surface area contributed by atoms with Crippen molar-refractivity contribution < 1.29 is 9.59 Å². The quantitative estimate of drug-likeness (QED) is 0.533. The maximum Gasteiger partial charge on any atom is 0.321 e. The largest absolute Gasteiger partial charge is 0.337 e. The van der Waals surface area contributed by atoms with Crippen LogP contribution in [0.2, 0.25) is 0 Å². The monoisotopic (exact) mass is 397 g/mol. The molecule has 2 rings (SSSR count). The van der Waals surface area contributed by atoms with Gasteiger partial charge in [0.1, 0.15) is 0 Å². The SMILES string of the molecule is O=C(NCCCl)Nc1nc(NC(=O)NCCCl)nc(-c2ccccc2)n1. The molecule has 4 amide bonds. The highest BCUT2D eigenvalue weighted by Crippen LogP contribution is 2.17. The number of urea groups is 2. The predicted octanol–water partition coefficient (Wildman–Crippen LogP) is 2.26. The Bertz CT molecular complexity index is 706. The Morgan fingerprint density at radius 1 is 0.808 bits per heavy atom. The van der Waals surface area contributed by atoms with Gasteiger partial charge < -0.3 is 10.6 Å². The van der Waals surface area contributed by atoms with Crippen LogP contribution in [-0.2, 0) is 0 Å². The maximum atomic E-state index is 11.8. The average molecular weight is 398 g/mol. The van der Waals surface area contributed by atoms with E-state index in [0.29, 0.717) is 11.4 Å². The van der Waals surface area contributed by atoms with Crippen molar-refractivity contribution >= 4 is 47.2 Å². The van der Waals surface area contributed by atoms with Gasteiger partial charge in [-0.2, -0.15) is 15.0 Å². The zero-order valence-electron chi connectivity index (χ0n) is 13.6. The van der Waals surface area contributed by atoms with E-state index >= 15 is 0 Å². The van der Waals surface area contributed by atoms with Crippen LogP contribution in [0.25, 0.3) is 11.4 Å². The van der Waals surface area contributed by atoms with Gasteiger partial charge in [0.25, 0.3) is 0 Å². The fourth-order valence-electron chi connectivity index (χ4n) is 1.82. The first-order valence-electron chi connectivity index (χ1n) is 7.65. The number of halogens is 2. The topological polar surface area (TPSA) is 121 Å². The molecule has 1 aromatic heterocycles. The second-order valence-electron chi connectivity index (χ2n) is 4.81. The fourth-order valence-corrected chi connectivity index (χ4v) is 2.01. The van der Waals surface area contributed by atoms with Crippen molar-refractivity contribution in [3.05, 3.63) is 30.3 Å². The van der Waals surface area contributed by atoms with Gasteiger partial charge in [0, 0.05) is 30.4 Å². The Balaban J connectivity index is 2.24. The molecular formula is C15H17Cl2N7O2. The lowest BCUT2D eigenvalue weighted by Crippen LogP contribution is -2.32. The zero-order valence-corrected chi connectivity index (χ0v) is 15.1. The van der Waals surface area contributed by atoms with Crippen molar-refractivity contribution in [2.45, 2.75) is 0 Å². The van der Waals surface area contributed by atoms with Gasteiger partial charge in [-0.25, -0.2) is 9.59 Å². The molecule has 11 heteroatoms. The molecule has 0 radical (unpaired) electrons. The Labute approximate surface area is 159 Å². The van der Waals surface area contributed by atoms with Crippen molar-refractivity contribution in [1.29, 1.82) is 0 Å². The number of nitrogens with zero attached hydrogens (tertiary/aromatic N) is 3. The molecular weight excluding hydrogens is 381 g/mol. The van der Waals surface area contributed by atoms with Crippen molar-refractivity contribution in [3.63, 3.8) is 0 Å². The minimum absolute atomic E-state index is 0.0152. The summed E-state index contributed by atoms with van der Waals surface area (Å²) >= 11 is 11.1. The number of benzene rings is 1. The fraction of sp³-hybridized carbons (Fsp3) is 0.267. The number of carbonyl (C=O) groups excluding carboxylic acids is 2. The van der Waals surface area contributed by atoms with Crippen molar-refractivity contribution in [2.24, 2.45) is 0 Å². The predicted molar refractivity (Wildman–Crippen MR) is 101 cm³/mol. The summed E-state index contributed by atoms with van der Waals surface area (Å²) in [7, 11) is 0. The van der Waals surface area contributed by atoms with E-state index in [2.05, 4.69) is 36.2 Å². The number of carbonyl (C=O) groups is 2. The van der Waals surface area contributed by atoms with Crippen LogP contribution in [0.4, 0.5) is 21.5 Å². The zero-order chi connectivity index (χ0) is 18.8. The molecule has 0 aliphatic rings. The summed E-state index contributed by atoms with van der Waals surface area (Å²) in [4.78, 5) is 36.0. The smallest absolute Gasteiger partial charge is 0.321 e. The van der Waals surface area contributed by atoms with E-state index in [1.54, 1.807) is 12.1 Å². The molecule has 0 aliphatic heterocycles. The van der Waals surface area contributed by atoms with Gasteiger partial charge in [0.05, 0.1) is 0 Å². The highest BCUT2D eigenvalue weighted by Gasteiger charge is 2.12. The lowest BCUT2D eigenvalue weighted by atomic mass is 10.2. The molecule has 26 heavy (non-hydrogen) atoms. The average Bonchev–Trinajstić information content (AvgIpc) is 2.65. The van der Waals surface area contributed by atoms with Crippen molar-refractivity contribution in [3.8, 4) is 11.4 Å². The maximum absolute atomic E-state index is 11.8. The third-order valence-corrected chi connectivity index (χ3v) is 3.26. The minimum Gasteiger partial charge on any atom is -0.337 e. The van der Waals surface area contributed by atoms with Gasteiger partial charge in [0.15, 0.2) is 5.82 Å². The summed E-state index contributed by atoms with van der Waals surface area (Å²) in [6.45, 7) is 0.575. The molecule has 0 bridgehead atoms. The molecule has 0 aliphatic carbocycles. The number of nitrogens with one attached hydrogen (secondary N) is 4. The van der Waals surface area contributed by atoms with Crippen LogP contribution in [0.15, 0.2) is 30.3 Å². The van der Waals surface area contributed by atoms with E-state index < -0.39 is 12.1 Å². The number of anilines is 2. The number of amides is 4. The van der Waals surface area contributed by atoms with E-state index in [9.17, 15) is 9.59 Å². The number of rotatable bonds is 7. The van der Waals surface area contributed by atoms with Gasteiger partial charge in [0.2, 0.25) is 11.9 Å². The van der Waals surface area contributed by atoms with Gasteiger partial charge in [-0.15, -0.1) is 23.2 Å². The highest BCUT2D eigenvalue weighted by molar-refractivity contribution is 6.18. The number of hydrogen-bond acceptors (Lipinski definition) is 5. The molecule has 1 aromatic carbocycles. The first-order valence-corrected chi connectivity index (χ1v) is 8.72. The number of aromatic nitrogens is 3. The molecule has 4 N–H and O–H groups in total. The second-order valence-corrected chi connectivity index (χ2v) is 5.57. The van der Waals surface area contributed by atoms with Crippen LogP contribution < -0.4 is 21.3 Å². The van der Waals surface area contributed by atoms with Crippen LogP contribution in [0.1, 0.15) is 0 Å². The molecule has 0 saturated carbocycles. The first kappa shape index (κ1) is 19.7. The Hall–Kier alpha value is -2.65. The van der Waals surface area contributed by atoms with Gasteiger partial charge in [-0.3, -0.25) is 10.6 Å². The van der Waals surface area contributed by atoms with E-state index in [4.69, 9.17) is 23.2 Å². The Kier molecular flexibility index (Phi) is 7.84. The van der Waals surface area contributed by atoms with Crippen LogP contribution in [-0.4, -0.2) is 51.9 Å². The summed E-state index contributed by atoms with van der Waals surface area (Å²) < 4.78 is 0. The van der Waals surface area contributed by atoms with Gasteiger partial charge in [-0.1, -0.05) is 30.3 Å². The summed E-state index contributed by atoms with van der Waals surface area (Å²) in [5, 5.41) is 10.0. The summed E-state index contributed by atoms with van der Waals surface area (Å²) in [5.41, 5.74) is 0.698. The van der Waals surface area contributed by atoms with E-state index in [1.807, 2.05) is 18.2 Å². The third-order valence-electron chi connectivity index (χ3n) is 2.88. The van der Waals surface area contributed by atoms with Crippen LogP contribution in [0, 0.1) is 0 Å². The summed E-state index contributed by atoms with van der Waals surface area (Å²) in [6.07, 6.45) is 0. The lowest BCUT2D eigenvalue weighted by molar-refractivity contribution is 0.252. The van der Waals surface area contributed by atoms with E-state index in [0.717, 1.165) is 0 Å². The molecule has 9 nitrogen and oxygen atoms in total. The minimum atomic E-state index is -0.520. The molecule has 0 atom stereocenters. The molecule has 0 spiro atoms. The molecule has 138 valence electrons. The van der Waals surface area contributed by atoms with Gasteiger partial charge >= 0.3 is 12.1 Å². The lowest BCUT2D eigenvalue weighted by Gasteiger charge is -2.10. The second kappa shape index (κ2) is 10.4. The first-order chi connectivity index (χ1) is 12.6. The summed E-state index contributed by atoms with van der Waals surface area (Å²) in [5.74, 6) is 0.805. The number of alkyl halides is 2. The molecule has 0 unspecified atom stereocenters.